The van der Waals surface area contributed by atoms with Crippen LogP contribution >= 0.6 is 0 Å². The van der Waals surface area contributed by atoms with E-state index in [0.29, 0.717) is 5.82 Å². The van der Waals surface area contributed by atoms with E-state index in [-0.39, 0.29) is 12.0 Å². The highest BCUT2D eigenvalue weighted by atomic mass is 16.5. The minimum absolute atomic E-state index is 0.237. The first kappa shape index (κ1) is 13.5. The largest absolute Gasteiger partial charge is 0.467 e. The molecule has 1 aromatic heterocycles. The molecule has 2 N–H and O–H groups in total. The first-order valence-corrected chi connectivity index (χ1v) is 6.05. The Morgan fingerprint density at radius 3 is 2.82 bits per heavy atom. The topological polar surface area (TPSA) is 70.1 Å². The van der Waals surface area contributed by atoms with E-state index < -0.39 is 0 Å². The molecule has 0 aliphatic rings. The molecule has 1 heterocycles. The van der Waals surface area contributed by atoms with Crippen molar-refractivity contribution in [3.05, 3.63) is 12.5 Å². The second kappa shape index (κ2) is 6.93. The number of carbonyl (C=O) groups is 1. The molecule has 17 heavy (non-hydrogen) atoms. The van der Waals surface area contributed by atoms with Crippen molar-refractivity contribution in [3.8, 4) is 0 Å². The molecule has 1 aromatic rings. The fraction of sp³-hybridized carbons (Fsp3) is 0.667. The molecule has 1 rings (SSSR count). The summed E-state index contributed by atoms with van der Waals surface area (Å²) >= 11 is 0. The summed E-state index contributed by atoms with van der Waals surface area (Å²) in [6, 6.07) is -0.304. The van der Waals surface area contributed by atoms with Gasteiger partial charge in [0, 0.05) is 6.20 Å². The van der Waals surface area contributed by atoms with Crippen LogP contribution in [0.25, 0.3) is 0 Å². The molecule has 0 radical (unpaired) electrons. The summed E-state index contributed by atoms with van der Waals surface area (Å²) in [5.41, 5.74) is 5.55. The van der Waals surface area contributed by atoms with Crippen LogP contribution in [0.15, 0.2) is 12.5 Å². The number of nitrogen functional groups attached to an aromatic ring is 1. The van der Waals surface area contributed by atoms with Gasteiger partial charge in [0.15, 0.2) is 0 Å². The van der Waals surface area contributed by atoms with Crippen LogP contribution in [0.2, 0.25) is 0 Å². The van der Waals surface area contributed by atoms with Gasteiger partial charge in [-0.05, 0) is 6.42 Å². The normalized spacial score (nSPS) is 12.4. The van der Waals surface area contributed by atoms with E-state index in [4.69, 9.17) is 10.5 Å². The van der Waals surface area contributed by atoms with Crippen LogP contribution in [0, 0.1) is 0 Å². The van der Waals surface area contributed by atoms with Crippen molar-refractivity contribution >= 4 is 11.8 Å². The number of nitrogens with zero attached hydrogens (tertiary/aromatic N) is 2. The number of carbonyl (C=O) groups excluding carboxylic acids is 1. The lowest BCUT2D eigenvalue weighted by atomic mass is 10.1. The van der Waals surface area contributed by atoms with Gasteiger partial charge in [0.1, 0.15) is 11.9 Å². The van der Waals surface area contributed by atoms with Gasteiger partial charge < -0.3 is 15.0 Å². The average molecular weight is 239 g/mol. The number of imidazole rings is 1. The minimum Gasteiger partial charge on any atom is -0.467 e. The Morgan fingerprint density at radius 1 is 1.53 bits per heavy atom. The highest BCUT2D eigenvalue weighted by Gasteiger charge is 2.20. The Kier molecular flexibility index (Phi) is 5.52. The van der Waals surface area contributed by atoms with E-state index in [2.05, 4.69) is 11.9 Å². The molecule has 0 unspecified atom stereocenters. The molecular weight excluding hydrogens is 218 g/mol. The molecule has 0 saturated heterocycles. The highest BCUT2D eigenvalue weighted by Crippen LogP contribution is 2.18. The highest BCUT2D eigenvalue weighted by molar-refractivity contribution is 5.74. The third kappa shape index (κ3) is 4.09. The quantitative estimate of drug-likeness (QED) is 0.584. The van der Waals surface area contributed by atoms with Crippen LogP contribution in [0.4, 0.5) is 5.82 Å². The molecule has 0 amide bonds. The van der Waals surface area contributed by atoms with Gasteiger partial charge in [0.25, 0.3) is 0 Å². The average Bonchev–Trinajstić information content (AvgIpc) is 2.75. The number of aromatic nitrogens is 2. The molecule has 0 bridgehead atoms. The summed E-state index contributed by atoms with van der Waals surface area (Å²) in [6.45, 7) is 2.16. The van der Waals surface area contributed by atoms with Crippen LogP contribution in [0.1, 0.15) is 45.1 Å². The van der Waals surface area contributed by atoms with Crippen LogP contribution in [0.5, 0.6) is 0 Å². The summed E-state index contributed by atoms with van der Waals surface area (Å²) in [5.74, 6) is 0.186. The number of rotatable bonds is 7. The maximum Gasteiger partial charge on any atom is 0.328 e. The SMILES string of the molecule is CCCCCC[C@@H](C(=O)OC)n1cnc(N)c1. The zero-order valence-electron chi connectivity index (χ0n) is 10.6. The molecule has 0 aromatic carbocycles. The molecule has 0 saturated carbocycles. The van der Waals surface area contributed by atoms with Crippen molar-refractivity contribution < 1.29 is 9.53 Å². The number of nitrogens with two attached hydrogens (primary N) is 1. The Labute approximate surface area is 102 Å². The van der Waals surface area contributed by atoms with Gasteiger partial charge in [0.2, 0.25) is 0 Å². The Morgan fingerprint density at radius 2 is 2.29 bits per heavy atom. The predicted octanol–water partition coefficient (Wildman–Crippen LogP) is 2.15. The Bertz CT molecular complexity index is 349. The van der Waals surface area contributed by atoms with Crippen molar-refractivity contribution in [2.24, 2.45) is 0 Å². The number of unbranched alkanes of at least 4 members (excludes halogenated alkanes) is 3. The van der Waals surface area contributed by atoms with Crippen LogP contribution < -0.4 is 5.73 Å². The maximum absolute atomic E-state index is 11.7. The third-order valence-corrected chi connectivity index (χ3v) is 2.79. The van der Waals surface area contributed by atoms with Crippen LogP contribution in [0.3, 0.4) is 0 Å². The summed E-state index contributed by atoms with van der Waals surface area (Å²) in [4.78, 5) is 15.6. The first-order chi connectivity index (χ1) is 8.19. The fourth-order valence-electron chi connectivity index (χ4n) is 1.81. The molecule has 5 heteroatoms. The van der Waals surface area contributed by atoms with Gasteiger partial charge in [-0.25, -0.2) is 9.78 Å². The summed E-state index contributed by atoms with van der Waals surface area (Å²) in [7, 11) is 1.40. The maximum atomic E-state index is 11.7. The zero-order valence-corrected chi connectivity index (χ0v) is 10.6. The molecular formula is C12H21N3O2. The molecule has 0 spiro atoms. The number of hydrogen-bond donors (Lipinski definition) is 1. The zero-order chi connectivity index (χ0) is 12.7. The van der Waals surface area contributed by atoms with Crippen molar-refractivity contribution in [1.29, 1.82) is 0 Å². The van der Waals surface area contributed by atoms with Crippen molar-refractivity contribution in [2.75, 3.05) is 12.8 Å². The van der Waals surface area contributed by atoms with Gasteiger partial charge in [-0.2, -0.15) is 0 Å². The van der Waals surface area contributed by atoms with Crippen molar-refractivity contribution in [1.82, 2.24) is 9.55 Å². The second-order valence-electron chi connectivity index (χ2n) is 4.13. The van der Waals surface area contributed by atoms with Crippen LogP contribution in [-0.2, 0) is 9.53 Å². The van der Waals surface area contributed by atoms with Crippen molar-refractivity contribution in [2.45, 2.75) is 45.1 Å². The number of esters is 1. The van der Waals surface area contributed by atoms with Gasteiger partial charge >= 0.3 is 5.97 Å². The van der Waals surface area contributed by atoms with Gasteiger partial charge in [-0.15, -0.1) is 0 Å². The summed E-state index contributed by atoms with van der Waals surface area (Å²) < 4.78 is 6.53. The third-order valence-electron chi connectivity index (χ3n) is 2.79. The lowest BCUT2D eigenvalue weighted by molar-refractivity contribution is -0.144. The predicted molar refractivity (Wildman–Crippen MR) is 66.5 cm³/mol. The monoisotopic (exact) mass is 239 g/mol. The van der Waals surface area contributed by atoms with Gasteiger partial charge in [0.05, 0.1) is 13.4 Å². The van der Waals surface area contributed by atoms with E-state index in [0.717, 1.165) is 19.3 Å². The summed E-state index contributed by atoms with van der Waals surface area (Å²) in [6.07, 6.45) is 8.53. The fourth-order valence-corrected chi connectivity index (χ4v) is 1.81. The van der Waals surface area contributed by atoms with Gasteiger partial charge in [-0.1, -0.05) is 32.6 Å². The van der Waals surface area contributed by atoms with E-state index in [1.54, 1.807) is 17.1 Å². The van der Waals surface area contributed by atoms with E-state index in [9.17, 15) is 4.79 Å². The Balaban J connectivity index is 2.58. The first-order valence-electron chi connectivity index (χ1n) is 6.05. The number of anilines is 1. The second-order valence-corrected chi connectivity index (χ2v) is 4.13. The van der Waals surface area contributed by atoms with Gasteiger partial charge in [-0.3, -0.25) is 0 Å². The molecule has 1 atom stereocenters. The molecule has 0 fully saturated rings. The number of hydrogen-bond acceptors (Lipinski definition) is 4. The lowest BCUT2D eigenvalue weighted by Crippen LogP contribution is -2.19. The van der Waals surface area contributed by atoms with E-state index in [1.807, 2.05) is 0 Å². The lowest BCUT2D eigenvalue weighted by Gasteiger charge is -2.15. The molecule has 5 nitrogen and oxygen atoms in total. The number of methoxy groups -OCH3 is 1. The van der Waals surface area contributed by atoms with E-state index >= 15 is 0 Å². The number of ether oxygens (including phenoxy) is 1. The molecule has 0 aliphatic carbocycles. The summed E-state index contributed by atoms with van der Waals surface area (Å²) in [5, 5.41) is 0. The van der Waals surface area contributed by atoms with Crippen LogP contribution in [-0.4, -0.2) is 22.6 Å². The minimum atomic E-state index is -0.304. The molecule has 0 aliphatic heterocycles. The standard InChI is InChI=1S/C12H21N3O2/c1-3-4-5-6-7-10(12(16)17-2)15-8-11(13)14-9-15/h8-10H,3-7,13H2,1-2H3/t10-/m0/s1. The Hall–Kier alpha value is -1.52. The van der Waals surface area contributed by atoms with E-state index in [1.165, 1.54) is 20.0 Å². The smallest absolute Gasteiger partial charge is 0.328 e. The van der Waals surface area contributed by atoms with Crippen molar-refractivity contribution in [3.63, 3.8) is 0 Å². The molecule has 96 valence electrons.